The van der Waals surface area contributed by atoms with Crippen molar-refractivity contribution in [1.29, 1.82) is 0 Å². The van der Waals surface area contributed by atoms with Crippen LogP contribution in [0.1, 0.15) is 30.4 Å². The van der Waals surface area contributed by atoms with Crippen molar-refractivity contribution in [2.24, 2.45) is 7.05 Å². The number of urea groups is 1. The van der Waals surface area contributed by atoms with Gasteiger partial charge in [-0.15, -0.1) is 10.2 Å². The summed E-state index contributed by atoms with van der Waals surface area (Å²) in [6.45, 7) is 2.09. The van der Waals surface area contributed by atoms with Gasteiger partial charge < -0.3 is 19.4 Å². The Balaban J connectivity index is 1.35. The second-order valence-corrected chi connectivity index (χ2v) is 6.83. The van der Waals surface area contributed by atoms with E-state index in [1.54, 1.807) is 12.5 Å². The van der Waals surface area contributed by atoms with Crippen molar-refractivity contribution in [1.82, 2.24) is 29.2 Å². The Hall–Kier alpha value is -3.16. The van der Waals surface area contributed by atoms with Crippen LogP contribution in [0.2, 0.25) is 0 Å². The van der Waals surface area contributed by atoms with Gasteiger partial charge in [0, 0.05) is 44.1 Å². The molecule has 8 nitrogen and oxygen atoms in total. The Morgan fingerprint density at radius 1 is 1.19 bits per heavy atom. The number of carbonyl (C=O) groups excluding carboxylic acids is 1. The molecule has 0 saturated carbocycles. The number of rotatable bonds is 4. The highest BCUT2D eigenvalue weighted by atomic mass is 16.2. The molecule has 1 saturated heterocycles. The average Bonchev–Trinajstić information content (AvgIpc) is 3.34. The molecule has 2 amide bonds. The fourth-order valence-corrected chi connectivity index (χ4v) is 3.48. The van der Waals surface area contributed by atoms with Crippen LogP contribution in [0.15, 0.2) is 49.1 Å². The van der Waals surface area contributed by atoms with Gasteiger partial charge in [0.25, 0.3) is 0 Å². The normalized spacial score (nSPS) is 15.1. The Morgan fingerprint density at radius 2 is 1.96 bits per heavy atom. The maximum atomic E-state index is 12.4. The van der Waals surface area contributed by atoms with Gasteiger partial charge >= 0.3 is 6.03 Å². The van der Waals surface area contributed by atoms with Crippen molar-refractivity contribution < 1.29 is 4.79 Å². The molecule has 0 radical (unpaired) electrons. The highest BCUT2D eigenvalue weighted by Gasteiger charge is 2.27. The Bertz CT molecular complexity index is 880. The summed E-state index contributed by atoms with van der Waals surface area (Å²) >= 11 is 0. The van der Waals surface area contributed by atoms with Gasteiger partial charge in [0.1, 0.15) is 5.82 Å². The monoisotopic (exact) mass is 365 g/mol. The number of hydrogen-bond acceptors (Lipinski definition) is 4. The minimum Gasteiger partial charge on any atom is -0.330 e. The first kappa shape index (κ1) is 17.3. The van der Waals surface area contributed by atoms with Crippen LogP contribution in [0, 0.1) is 0 Å². The highest BCUT2D eigenvalue weighted by molar-refractivity contribution is 5.89. The van der Waals surface area contributed by atoms with Gasteiger partial charge in [-0.05, 0) is 25.0 Å². The standard InChI is InChI=1S/C19H23N7O/c1-24-17(13-25-12-9-20-14-25)22-23-18(24)15-7-10-26(11-8-15)19(27)21-16-5-3-2-4-6-16/h2-6,9,12,14-15H,7-8,10-11,13H2,1H3,(H,21,27). The number of likely N-dealkylation sites (tertiary alicyclic amines) is 1. The number of imidazole rings is 1. The fraction of sp³-hybridized carbons (Fsp3) is 0.368. The van der Waals surface area contributed by atoms with Gasteiger partial charge in [0.2, 0.25) is 0 Å². The van der Waals surface area contributed by atoms with Crippen LogP contribution in [0.3, 0.4) is 0 Å². The molecule has 0 bridgehead atoms. The number of nitrogens with one attached hydrogen (secondary N) is 1. The number of carbonyl (C=O) groups is 1. The van der Waals surface area contributed by atoms with Crippen LogP contribution < -0.4 is 5.32 Å². The van der Waals surface area contributed by atoms with Gasteiger partial charge in [-0.2, -0.15) is 0 Å². The maximum Gasteiger partial charge on any atom is 0.321 e. The number of anilines is 1. The third-order valence-electron chi connectivity index (χ3n) is 5.05. The Morgan fingerprint density at radius 3 is 2.67 bits per heavy atom. The van der Waals surface area contributed by atoms with E-state index in [4.69, 9.17) is 0 Å². The molecule has 2 aromatic heterocycles. The third kappa shape index (κ3) is 3.84. The highest BCUT2D eigenvalue weighted by Crippen LogP contribution is 2.27. The summed E-state index contributed by atoms with van der Waals surface area (Å²) in [6.07, 6.45) is 7.22. The number of para-hydroxylation sites is 1. The number of piperidine rings is 1. The molecule has 0 spiro atoms. The van der Waals surface area contributed by atoms with Gasteiger partial charge in [0.05, 0.1) is 12.9 Å². The van der Waals surface area contributed by atoms with E-state index in [0.29, 0.717) is 25.6 Å². The molecule has 1 N–H and O–H groups in total. The Kier molecular flexibility index (Phi) is 4.86. The van der Waals surface area contributed by atoms with Crippen molar-refractivity contribution in [2.75, 3.05) is 18.4 Å². The molecule has 3 heterocycles. The summed E-state index contributed by atoms with van der Waals surface area (Å²) in [5.41, 5.74) is 0.821. The largest absolute Gasteiger partial charge is 0.330 e. The summed E-state index contributed by atoms with van der Waals surface area (Å²) in [5.74, 6) is 2.22. The van der Waals surface area contributed by atoms with E-state index < -0.39 is 0 Å². The number of benzene rings is 1. The predicted molar refractivity (Wildman–Crippen MR) is 101 cm³/mol. The van der Waals surface area contributed by atoms with Gasteiger partial charge in [0.15, 0.2) is 5.82 Å². The lowest BCUT2D eigenvalue weighted by molar-refractivity contribution is 0.193. The van der Waals surface area contributed by atoms with E-state index in [0.717, 1.165) is 30.2 Å². The number of amides is 2. The SMILES string of the molecule is Cn1c(Cn2ccnc2)nnc1C1CCN(C(=O)Nc2ccccc2)CC1. The molecular weight excluding hydrogens is 342 g/mol. The van der Waals surface area contributed by atoms with E-state index in [1.807, 2.05) is 53.0 Å². The summed E-state index contributed by atoms with van der Waals surface area (Å²) < 4.78 is 4.05. The minimum absolute atomic E-state index is 0.0431. The molecular formula is C19H23N7O. The zero-order valence-electron chi connectivity index (χ0n) is 15.3. The number of nitrogens with zero attached hydrogens (tertiary/aromatic N) is 6. The van der Waals surface area contributed by atoms with E-state index in [9.17, 15) is 4.79 Å². The predicted octanol–water partition coefficient (Wildman–Crippen LogP) is 2.47. The van der Waals surface area contributed by atoms with Crippen molar-refractivity contribution in [3.63, 3.8) is 0 Å². The summed E-state index contributed by atoms with van der Waals surface area (Å²) in [4.78, 5) is 18.4. The van der Waals surface area contributed by atoms with Crippen LogP contribution in [0.25, 0.3) is 0 Å². The van der Waals surface area contributed by atoms with Gasteiger partial charge in [-0.25, -0.2) is 9.78 Å². The quantitative estimate of drug-likeness (QED) is 0.770. The van der Waals surface area contributed by atoms with Crippen molar-refractivity contribution in [2.45, 2.75) is 25.3 Å². The van der Waals surface area contributed by atoms with E-state index in [2.05, 4.69) is 25.1 Å². The maximum absolute atomic E-state index is 12.4. The third-order valence-corrected chi connectivity index (χ3v) is 5.05. The lowest BCUT2D eigenvalue weighted by atomic mass is 9.96. The molecule has 27 heavy (non-hydrogen) atoms. The Labute approximate surface area is 157 Å². The molecule has 0 aliphatic carbocycles. The van der Waals surface area contributed by atoms with Crippen LogP contribution in [0.4, 0.5) is 10.5 Å². The number of hydrogen-bond donors (Lipinski definition) is 1. The second kappa shape index (κ2) is 7.61. The van der Waals surface area contributed by atoms with Crippen molar-refractivity contribution in [3.8, 4) is 0 Å². The molecule has 1 aromatic carbocycles. The van der Waals surface area contributed by atoms with Crippen LogP contribution in [-0.4, -0.2) is 48.3 Å². The second-order valence-electron chi connectivity index (χ2n) is 6.83. The van der Waals surface area contributed by atoms with Crippen LogP contribution in [0.5, 0.6) is 0 Å². The van der Waals surface area contributed by atoms with Crippen molar-refractivity contribution >= 4 is 11.7 Å². The summed E-state index contributed by atoms with van der Waals surface area (Å²) in [5, 5.41) is 11.7. The van der Waals surface area contributed by atoms with Crippen LogP contribution in [-0.2, 0) is 13.6 Å². The van der Waals surface area contributed by atoms with E-state index in [-0.39, 0.29) is 6.03 Å². The van der Waals surface area contributed by atoms with Gasteiger partial charge in [-0.1, -0.05) is 18.2 Å². The smallest absolute Gasteiger partial charge is 0.321 e. The molecule has 0 atom stereocenters. The molecule has 8 heteroatoms. The fourth-order valence-electron chi connectivity index (χ4n) is 3.48. The molecule has 1 aliphatic heterocycles. The topological polar surface area (TPSA) is 80.9 Å². The summed E-state index contributed by atoms with van der Waals surface area (Å²) in [6, 6.07) is 9.51. The minimum atomic E-state index is -0.0431. The van der Waals surface area contributed by atoms with Crippen LogP contribution >= 0.6 is 0 Å². The lowest BCUT2D eigenvalue weighted by Crippen LogP contribution is -2.40. The molecule has 1 fully saturated rings. The first-order valence-electron chi connectivity index (χ1n) is 9.15. The zero-order valence-corrected chi connectivity index (χ0v) is 15.3. The molecule has 1 aliphatic rings. The van der Waals surface area contributed by atoms with Gasteiger partial charge in [-0.3, -0.25) is 0 Å². The number of aromatic nitrogens is 5. The summed E-state index contributed by atoms with van der Waals surface area (Å²) in [7, 11) is 2.01. The van der Waals surface area contributed by atoms with E-state index in [1.165, 1.54) is 0 Å². The molecule has 0 unspecified atom stereocenters. The molecule has 4 rings (SSSR count). The first-order valence-corrected chi connectivity index (χ1v) is 9.15. The zero-order chi connectivity index (χ0) is 18.6. The van der Waals surface area contributed by atoms with E-state index >= 15 is 0 Å². The molecule has 3 aromatic rings. The van der Waals surface area contributed by atoms with Crippen molar-refractivity contribution in [3.05, 3.63) is 60.7 Å². The first-order chi connectivity index (χ1) is 13.2. The molecule has 140 valence electrons. The average molecular weight is 365 g/mol. The lowest BCUT2D eigenvalue weighted by Gasteiger charge is -2.31.